The predicted octanol–water partition coefficient (Wildman–Crippen LogP) is 3.59. The lowest BCUT2D eigenvalue weighted by atomic mass is 9.93. The van der Waals surface area contributed by atoms with Crippen LogP contribution in [-0.2, 0) is 21.4 Å². The van der Waals surface area contributed by atoms with Gasteiger partial charge in [0.25, 0.3) is 5.91 Å². The van der Waals surface area contributed by atoms with Crippen LogP contribution in [0.4, 0.5) is 11.4 Å². The minimum Gasteiger partial charge on any atom is -0.465 e. The van der Waals surface area contributed by atoms with Crippen molar-refractivity contribution in [3.05, 3.63) is 71.4 Å². The van der Waals surface area contributed by atoms with Gasteiger partial charge in [0.1, 0.15) is 11.5 Å². The van der Waals surface area contributed by atoms with Crippen LogP contribution in [0.2, 0.25) is 0 Å². The van der Waals surface area contributed by atoms with E-state index in [1.807, 2.05) is 20.8 Å². The molecule has 0 atom stereocenters. The fourth-order valence-corrected chi connectivity index (χ4v) is 2.72. The molecule has 0 aliphatic carbocycles. The standard InChI is InChI=1S/C23H24N4O5/c1-23(2,3)19-11-17(27-32-19)12-20(28)25-15-6-8-16(9-7-15)26-21(29)18-10-5-14(13-24-18)22(30)31-4/h5-11,13H,12H2,1-4H3,(H,25,28)(H,26,29). The van der Waals surface area contributed by atoms with Crippen molar-refractivity contribution >= 4 is 29.2 Å². The number of rotatable bonds is 6. The van der Waals surface area contributed by atoms with E-state index >= 15 is 0 Å². The fourth-order valence-electron chi connectivity index (χ4n) is 2.72. The third-order valence-corrected chi connectivity index (χ3v) is 4.48. The molecule has 166 valence electrons. The SMILES string of the molecule is COC(=O)c1ccc(C(=O)Nc2ccc(NC(=O)Cc3cc(C(C)(C)C)on3)cc2)nc1. The van der Waals surface area contributed by atoms with Crippen LogP contribution < -0.4 is 10.6 Å². The Hall–Kier alpha value is -4.01. The summed E-state index contributed by atoms with van der Waals surface area (Å²) in [7, 11) is 1.27. The van der Waals surface area contributed by atoms with Crippen molar-refractivity contribution in [1.82, 2.24) is 10.1 Å². The normalized spacial score (nSPS) is 11.0. The summed E-state index contributed by atoms with van der Waals surface area (Å²) in [5.41, 5.74) is 1.89. The summed E-state index contributed by atoms with van der Waals surface area (Å²) in [4.78, 5) is 40.0. The zero-order valence-corrected chi connectivity index (χ0v) is 18.3. The summed E-state index contributed by atoms with van der Waals surface area (Å²) in [6.45, 7) is 6.02. The summed E-state index contributed by atoms with van der Waals surface area (Å²) >= 11 is 0. The number of methoxy groups -OCH3 is 1. The van der Waals surface area contributed by atoms with Crippen LogP contribution in [-0.4, -0.2) is 35.0 Å². The van der Waals surface area contributed by atoms with E-state index in [0.29, 0.717) is 17.1 Å². The molecule has 0 fully saturated rings. The molecular formula is C23H24N4O5. The molecule has 2 aromatic heterocycles. The number of hydrogen-bond donors (Lipinski definition) is 2. The van der Waals surface area contributed by atoms with Gasteiger partial charge in [-0.3, -0.25) is 14.6 Å². The van der Waals surface area contributed by atoms with Crippen LogP contribution in [0.25, 0.3) is 0 Å². The lowest BCUT2D eigenvalue weighted by Gasteiger charge is -2.12. The Labute approximate surface area is 185 Å². The first-order chi connectivity index (χ1) is 15.2. The molecule has 0 spiro atoms. The second-order valence-corrected chi connectivity index (χ2v) is 8.11. The number of carbonyl (C=O) groups is 3. The van der Waals surface area contributed by atoms with Crippen LogP contribution in [0.5, 0.6) is 0 Å². The van der Waals surface area contributed by atoms with Crippen LogP contribution in [0, 0.1) is 0 Å². The smallest absolute Gasteiger partial charge is 0.339 e. The van der Waals surface area contributed by atoms with Crippen LogP contribution in [0.3, 0.4) is 0 Å². The maximum absolute atomic E-state index is 12.3. The molecular weight excluding hydrogens is 412 g/mol. The minimum atomic E-state index is -0.528. The number of nitrogens with zero attached hydrogens (tertiary/aromatic N) is 2. The molecule has 0 radical (unpaired) electrons. The highest BCUT2D eigenvalue weighted by atomic mass is 16.5. The number of nitrogens with one attached hydrogen (secondary N) is 2. The number of aromatic nitrogens is 2. The van der Waals surface area contributed by atoms with Crippen LogP contribution >= 0.6 is 0 Å². The van der Waals surface area contributed by atoms with E-state index in [-0.39, 0.29) is 29.0 Å². The van der Waals surface area contributed by atoms with Gasteiger partial charge in [-0.2, -0.15) is 0 Å². The number of hydrogen-bond acceptors (Lipinski definition) is 7. The zero-order chi connectivity index (χ0) is 23.3. The van der Waals surface area contributed by atoms with Gasteiger partial charge in [-0.05, 0) is 36.4 Å². The number of esters is 1. The molecule has 9 nitrogen and oxygen atoms in total. The van der Waals surface area contributed by atoms with Crippen molar-refractivity contribution in [2.24, 2.45) is 0 Å². The Bertz CT molecular complexity index is 1110. The molecule has 1 aromatic carbocycles. The molecule has 0 saturated carbocycles. The molecule has 32 heavy (non-hydrogen) atoms. The summed E-state index contributed by atoms with van der Waals surface area (Å²) < 4.78 is 9.90. The van der Waals surface area contributed by atoms with Crippen molar-refractivity contribution in [2.45, 2.75) is 32.6 Å². The Balaban J connectivity index is 1.55. The van der Waals surface area contributed by atoms with Gasteiger partial charge in [-0.15, -0.1) is 0 Å². The topological polar surface area (TPSA) is 123 Å². The van der Waals surface area contributed by atoms with Gasteiger partial charge < -0.3 is 19.9 Å². The van der Waals surface area contributed by atoms with Gasteiger partial charge in [0.15, 0.2) is 0 Å². The molecule has 2 N–H and O–H groups in total. The van der Waals surface area contributed by atoms with Gasteiger partial charge >= 0.3 is 5.97 Å². The highest BCUT2D eigenvalue weighted by molar-refractivity contribution is 6.03. The van der Waals surface area contributed by atoms with E-state index in [1.165, 1.54) is 25.4 Å². The monoisotopic (exact) mass is 436 g/mol. The van der Waals surface area contributed by atoms with Gasteiger partial charge in [-0.25, -0.2) is 4.79 Å². The second kappa shape index (κ2) is 9.42. The molecule has 0 saturated heterocycles. The third kappa shape index (κ3) is 5.78. The Morgan fingerprint density at radius 1 is 1.00 bits per heavy atom. The fraction of sp³-hybridized carbons (Fsp3) is 0.261. The second-order valence-electron chi connectivity index (χ2n) is 8.11. The summed E-state index contributed by atoms with van der Waals surface area (Å²) in [6, 6.07) is 11.3. The molecule has 0 unspecified atom stereocenters. The number of amides is 2. The van der Waals surface area contributed by atoms with E-state index in [2.05, 4.69) is 25.5 Å². The van der Waals surface area contributed by atoms with E-state index in [0.717, 1.165) is 5.76 Å². The highest BCUT2D eigenvalue weighted by Crippen LogP contribution is 2.23. The van der Waals surface area contributed by atoms with Crippen molar-refractivity contribution in [1.29, 1.82) is 0 Å². The number of ether oxygens (including phenoxy) is 1. The maximum atomic E-state index is 12.3. The summed E-state index contributed by atoms with van der Waals surface area (Å²) in [6.07, 6.45) is 1.37. The summed E-state index contributed by atoms with van der Waals surface area (Å²) in [5, 5.41) is 9.43. The first-order valence-electron chi connectivity index (χ1n) is 9.87. The number of pyridine rings is 1. The Morgan fingerprint density at radius 3 is 2.19 bits per heavy atom. The number of anilines is 2. The first-order valence-corrected chi connectivity index (χ1v) is 9.87. The Morgan fingerprint density at radius 2 is 1.66 bits per heavy atom. The average Bonchev–Trinajstić information content (AvgIpc) is 3.23. The minimum absolute atomic E-state index is 0.0886. The quantitative estimate of drug-likeness (QED) is 0.566. The highest BCUT2D eigenvalue weighted by Gasteiger charge is 2.20. The van der Waals surface area contributed by atoms with E-state index in [9.17, 15) is 14.4 Å². The summed E-state index contributed by atoms with van der Waals surface area (Å²) in [5.74, 6) is -0.473. The number of carbonyl (C=O) groups excluding carboxylic acids is 3. The predicted molar refractivity (Wildman–Crippen MR) is 118 cm³/mol. The van der Waals surface area contributed by atoms with Crippen LogP contribution in [0.15, 0.2) is 53.2 Å². The zero-order valence-electron chi connectivity index (χ0n) is 18.3. The van der Waals surface area contributed by atoms with Gasteiger partial charge in [0.05, 0.1) is 24.8 Å². The van der Waals surface area contributed by atoms with Crippen molar-refractivity contribution in [2.75, 3.05) is 17.7 Å². The lowest BCUT2D eigenvalue weighted by Crippen LogP contribution is -2.16. The van der Waals surface area contributed by atoms with E-state index < -0.39 is 11.9 Å². The molecule has 0 aliphatic rings. The molecule has 2 amide bonds. The van der Waals surface area contributed by atoms with Gasteiger partial charge in [0.2, 0.25) is 5.91 Å². The van der Waals surface area contributed by atoms with Crippen molar-refractivity contribution < 1.29 is 23.6 Å². The largest absolute Gasteiger partial charge is 0.465 e. The molecule has 0 aliphatic heterocycles. The van der Waals surface area contributed by atoms with Gasteiger partial charge in [-0.1, -0.05) is 25.9 Å². The Kier molecular flexibility index (Phi) is 6.67. The third-order valence-electron chi connectivity index (χ3n) is 4.48. The number of benzene rings is 1. The lowest BCUT2D eigenvalue weighted by molar-refractivity contribution is -0.115. The van der Waals surface area contributed by atoms with E-state index in [1.54, 1.807) is 30.3 Å². The average molecular weight is 436 g/mol. The van der Waals surface area contributed by atoms with Crippen molar-refractivity contribution in [3.8, 4) is 0 Å². The molecule has 0 bridgehead atoms. The first kappa shape index (κ1) is 22.7. The van der Waals surface area contributed by atoms with E-state index in [4.69, 9.17) is 4.52 Å². The molecule has 9 heteroatoms. The molecule has 3 rings (SSSR count). The van der Waals surface area contributed by atoms with Gasteiger partial charge in [0, 0.05) is 29.1 Å². The molecule has 2 heterocycles. The van der Waals surface area contributed by atoms with Crippen LogP contribution in [0.1, 0.15) is 53.1 Å². The maximum Gasteiger partial charge on any atom is 0.339 e. The molecule has 3 aromatic rings. The van der Waals surface area contributed by atoms with Crippen molar-refractivity contribution in [3.63, 3.8) is 0 Å².